The van der Waals surface area contributed by atoms with Crippen LogP contribution in [0.3, 0.4) is 0 Å². The van der Waals surface area contributed by atoms with Gasteiger partial charge in [-0.3, -0.25) is 9.78 Å². The highest BCUT2D eigenvalue weighted by Crippen LogP contribution is 2.42. The summed E-state index contributed by atoms with van der Waals surface area (Å²) in [6.07, 6.45) is -3.76. The number of sulfone groups is 1. The highest BCUT2D eigenvalue weighted by Gasteiger charge is 2.55. The summed E-state index contributed by atoms with van der Waals surface area (Å²) in [6.45, 7) is -0.329. The standard InChI is InChI=1S/C15H16BrF3N2O4S/c16-10-1-2-11(20-9-10)12(15(17,18)19)21-5-6-25-14(13(21)22)3-7-26(23,24)8-4-14/h1-2,9,12H,3-8H2. The lowest BCUT2D eigenvalue weighted by atomic mass is 9.92. The van der Waals surface area contributed by atoms with Gasteiger partial charge in [0.15, 0.2) is 15.9 Å². The Morgan fingerprint density at radius 3 is 2.46 bits per heavy atom. The number of nitrogens with zero attached hydrogens (tertiary/aromatic N) is 2. The molecule has 1 atom stereocenters. The number of hydrogen-bond acceptors (Lipinski definition) is 5. The van der Waals surface area contributed by atoms with Crippen molar-refractivity contribution >= 4 is 31.7 Å². The SMILES string of the molecule is O=C1N(C(c2ccc(Br)cn2)C(F)(F)F)CCOC12CCS(=O)(=O)CC2. The summed E-state index contributed by atoms with van der Waals surface area (Å²) in [5, 5.41) is 0. The summed E-state index contributed by atoms with van der Waals surface area (Å²) >= 11 is 3.12. The molecule has 2 aliphatic heterocycles. The topological polar surface area (TPSA) is 76.6 Å². The lowest BCUT2D eigenvalue weighted by Gasteiger charge is -2.46. The molecule has 2 saturated heterocycles. The molecule has 1 aromatic heterocycles. The van der Waals surface area contributed by atoms with Gasteiger partial charge in [0.2, 0.25) is 0 Å². The molecule has 3 heterocycles. The number of morpholine rings is 1. The van der Waals surface area contributed by atoms with E-state index < -0.39 is 33.6 Å². The molecule has 0 radical (unpaired) electrons. The van der Waals surface area contributed by atoms with Crippen LogP contribution in [0, 0.1) is 0 Å². The number of rotatable bonds is 2. The van der Waals surface area contributed by atoms with Gasteiger partial charge < -0.3 is 9.64 Å². The predicted octanol–water partition coefficient (Wildman–Crippen LogP) is 2.25. The average Bonchev–Trinajstić information content (AvgIpc) is 2.55. The Hall–Kier alpha value is -1.20. The molecule has 26 heavy (non-hydrogen) atoms. The van der Waals surface area contributed by atoms with Gasteiger partial charge in [0.05, 0.1) is 23.8 Å². The first kappa shape index (κ1) is 19.6. The van der Waals surface area contributed by atoms with Crippen molar-refractivity contribution in [2.75, 3.05) is 24.7 Å². The smallest absolute Gasteiger partial charge is 0.363 e. The largest absolute Gasteiger partial charge is 0.414 e. The Morgan fingerprint density at radius 1 is 1.27 bits per heavy atom. The fourth-order valence-corrected chi connectivity index (χ4v) is 5.01. The molecule has 0 aliphatic carbocycles. The van der Waals surface area contributed by atoms with Gasteiger partial charge in [0.1, 0.15) is 5.60 Å². The van der Waals surface area contributed by atoms with Crippen LogP contribution in [0.4, 0.5) is 13.2 Å². The second-order valence-corrected chi connectivity index (χ2v) is 9.56. The van der Waals surface area contributed by atoms with Crippen LogP contribution in [0.1, 0.15) is 24.6 Å². The van der Waals surface area contributed by atoms with Gasteiger partial charge in [-0.15, -0.1) is 0 Å². The summed E-state index contributed by atoms with van der Waals surface area (Å²) in [6, 6.07) is 0.431. The van der Waals surface area contributed by atoms with E-state index in [0.717, 1.165) is 4.90 Å². The van der Waals surface area contributed by atoms with Crippen molar-refractivity contribution in [3.63, 3.8) is 0 Å². The van der Waals surface area contributed by atoms with Gasteiger partial charge in [0, 0.05) is 17.2 Å². The number of aromatic nitrogens is 1. The van der Waals surface area contributed by atoms with E-state index in [2.05, 4.69) is 20.9 Å². The lowest BCUT2D eigenvalue weighted by molar-refractivity contribution is -0.217. The van der Waals surface area contributed by atoms with Crippen LogP contribution < -0.4 is 0 Å². The zero-order valence-corrected chi connectivity index (χ0v) is 15.9. The van der Waals surface area contributed by atoms with Crippen LogP contribution in [0.15, 0.2) is 22.8 Å². The van der Waals surface area contributed by atoms with E-state index in [0.29, 0.717) is 4.47 Å². The van der Waals surface area contributed by atoms with Crippen molar-refractivity contribution < 1.29 is 31.1 Å². The van der Waals surface area contributed by atoms with E-state index in [1.165, 1.54) is 18.3 Å². The van der Waals surface area contributed by atoms with Gasteiger partial charge in [0.25, 0.3) is 5.91 Å². The van der Waals surface area contributed by atoms with Crippen LogP contribution in [0.2, 0.25) is 0 Å². The minimum absolute atomic E-state index is 0.0884. The number of hydrogen-bond donors (Lipinski definition) is 0. The second-order valence-electron chi connectivity index (χ2n) is 6.34. The Labute approximate surface area is 156 Å². The van der Waals surface area contributed by atoms with Gasteiger partial charge >= 0.3 is 6.18 Å². The molecule has 6 nitrogen and oxygen atoms in total. The molecule has 1 unspecified atom stereocenters. The minimum atomic E-state index is -4.73. The summed E-state index contributed by atoms with van der Waals surface area (Å²) in [5.41, 5.74) is -1.81. The molecule has 1 amide bonds. The summed E-state index contributed by atoms with van der Waals surface area (Å²) < 4.78 is 70.6. The number of halogens is 4. The maximum atomic E-state index is 13.8. The van der Waals surface area contributed by atoms with E-state index in [-0.39, 0.29) is 43.2 Å². The van der Waals surface area contributed by atoms with Crippen LogP contribution in [-0.2, 0) is 19.4 Å². The number of amides is 1. The molecular weight excluding hydrogens is 441 g/mol. The highest BCUT2D eigenvalue weighted by atomic mass is 79.9. The molecule has 0 N–H and O–H groups in total. The first-order valence-corrected chi connectivity index (χ1v) is 10.5. The van der Waals surface area contributed by atoms with E-state index in [1.54, 1.807) is 0 Å². The Kier molecular flexibility index (Phi) is 5.08. The van der Waals surface area contributed by atoms with E-state index in [9.17, 15) is 26.4 Å². The van der Waals surface area contributed by atoms with E-state index >= 15 is 0 Å². The molecule has 2 aliphatic rings. The molecule has 144 valence electrons. The fraction of sp³-hybridized carbons (Fsp3) is 0.600. The quantitative estimate of drug-likeness (QED) is 0.681. The number of carbonyl (C=O) groups excluding carboxylic acids is 1. The summed E-state index contributed by atoms with van der Waals surface area (Å²) in [4.78, 5) is 17.4. The van der Waals surface area contributed by atoms with E-state index in [4.69, 9.17) is 4.74 Å². The van der Waals surface area contributed by atoms with Crippen molar-refractivity contribution in [1.29, 1.82) is 0 Å². The molecule has 1 spiro atoms. The molecule has 11 heteroatoms. The van der Waals surface area contributed by atoms with Gasteiger partial charge in [-0.1, -0.05) is 0 Å². The van der Waals surface area contributed by atoms with Crippen molar-refractivity contribution in [1.82, 2.24) is 9.88 Å². The van der Waals surface area contributed by atoms with Crippen LogP contribution in [0.25, 0.3) is 0 Å². The number of alkyl halides is 3. The normalized spacial score (nSPS) is 23.8. The summed E-state index contributed by atoms with van der Waals surface area (Å²) in [5.74, 6) is -1.38. The maximum Gasteiger partial charge on any atom is 0.414 e. The zero-order chi connectivity index (χ0) is 19.2. The number of carbonyl (C=O) groups is 1. The van der Waals surface area contributed by atoms with Gasteiger partial charge in [-0.2, -0.15) is 13.2 Å². The lowest BCUT2D eigenvalue weighted by Crippen LogP contribution is -2.61. The molecule has 0 aromatic carbocycles. The molecule has 2 fully saturated rings. The van der Waals surface area contributed by atoms with Crippen molar-refractivity contribution in [2.45, 2.75) is 30.7 Å². The molecule has 1 aromatic rings. The first-order chi connectivity index (χ1) is 12.0. The average molecular weight is 457 g/mol. The third-order valence-corrected chi connectivity index (χ3v) is 6.77. The highest BCUT2D eigenvalue weighted by molar-refractivity contribution is 9.10. The Morgan fingerprint density at radius 2 is 1.92 bits per heavy atom. The van der Waals surface area contributed by atoms with Crippen LogP contribution >= 0.6 is 15.9 Å². The zero-order valence-electron chi connectivity index (χ0n) is 13.5. The van der Waals surface area contributed by atoms with Crippen molar-refractivity contribution in [2.24, 2.45) is 0 Å². The summed E-state index contributed by atoms with van der Waals surface area (Å²) in [7, 11) is -3.30. The van der Waals surface area contributed by atoms with E-state index in [1.807, 2.05) is 0 Å². The Bertz CT molecular complexity index is 784. The Balaban J connectivity index is 1.94. The molecule has 3 rings (SSSR count). The second kappa shape index (κ2) is 6.75. The third kappa shape index (κ3) is 3.74. The van der Waals surface area contributed by atoms with Crippen LogP contribution in [0.5, 0.6) is 0 Å². The number of ether oxygens (including phenoxy) is 1. The third-order valence-electron chi connectivity index (χ3n) is 4.65. The molecular formula is C15H16BrF3N2O4S. The minimum Gasteiger partial charge on any atom is -0.363 e. The molecule has 0 bridgehead atoms. The van der Waals surface area contributed by atoms with Crippen LogP contribution in [-0.4, -0.2) is 60.6 Å². The van der Waals surface area contributed by atoms with Crippen molar-refractivity contribution in [3.05, 3.63) is 28.5 Å². The van der Waals surface area contributed by atoms with Gasteiger partial charge in [-0.25, -0.2) is 8.42 Å². The van der Waals surface area contributed by atoms with Gasteiger partial charge in [-0.05, 0) is 40.9 Å². The monoisotopic (exact) mass is 456 g/mol. The predicted molar refractivity (Wildman–Crippen MR) is 89.0 cm³/mol. The maximum absolute atomic E-state index is 13.8. The van der Waals surface area contributed by atoms with Crippen molar-refractivity contribution in [3.8, 4) is 0 Å². The first-order valence-electron chi connectivity index (χ1n) is 7.88. The number of pyridine rings is 1. The molecule has 0 saturated carbocycles. The fourth-order valence-electron chi connectivity index (χ4n) is 3.29.